The summed E-state index contributed by atoms with van der Waals surface area (Å²) in [6, 6.07) is 39.4. The summed E-state index contributed by atoms with van der Waals surface area (Å²) < 4.78 is 0. The van der Waals surface area contributed by atoms with E-state index >= 15 is 0 Å². The van der Waals surface area contributed by atoms with Gasteiger partial charge in [0, 0.05) is 11.4 Å². The van der Waals surface area contributed by atoms with Gasteiger partial charge in [0.2, 0.25) is 0 Å². The topological polar surface area (TPSA) is 3.24 Å². The first-order valence-corrected chi connectivity index (χ1v) is 21.0. The predicted octanol–water partition coefficient (Wildman–Crippen LogP) is 13.3. The summed E-state index contributed by atoms with van der Waals surface area (Å²) in [6.07, 6.45) is 14.8. The van der Waals surface area contributed by atoms with Crippen LogP contribution in [0, 0.1) is 0 Å². The van der Waals surface area contributed by atoms with Gasteiger partial charge in [0.15, 0.2) is 0 Å². The quantitative estimate of drug-likeness (QED) is 0.0921. The molecule has 0 saturated carbocycles. The average molecular weight is 643 g/mol. The summed E-state index contributed by atoms with van der Waals surface area (Å²) in [5.74, 6) is 0. The summed E-state index contributed by atoms with van der Waals surface area (Å²) in [7, 11) is 0. The van der Waals surface area contributed by atoms with Crippen LogP contribution in [0.15, 0.2) is 109 Å². The third-order valence-electron chi connectivity index (χ3n) is 8.62. The number of nitrogens with zero attached hydrogens (tertiary/aromatic N) is 1. The second-order valence-electron chi connectivity index (χ2n) is 12.0. The molecule has 0 spiro atoms. The molecule has 0 radical (unpaired) electrons. The minimum atomic E-state index is -2.04. The molecule has 0 fully saturated rings. The monoisotopic (exact) mass is 641 g/mol. The molecule has 0 aromatic heterocycles. The van der Waals surface area contributed by atoms with Crippen molar-refractivity contribution < 1.29 is 0 Å². The molecule has 0 aliphatic rings. The van der Waals surface area contributed by atoms with Crippen LogP contribution >= 0.6 is 20.8 Å². The molecule has 222 valence electrons. The summed E-state index contributed by atoms with van der Waals surface area (Å²) in [6.45, 7) is 9.63. The van der Waals surface area contributed by atoms with Crippen LogP contribution in [-0.4, -0.2) is 19.0 Å². The molecule has 3 heteroatoms. The van der Waals surface area contributed by atoms with Gasteiger partial charge in [0.25, 0.3) is 0 Å². The van der Waals surface area contributed by atoms with Crippen LogP contribution in [-0.2, 0) is 0 Å². The molecule has 0 N–H and O–H groups in total. The molecule has 0 aliphatic heterocycles. The van der Waals surface area contributed by atoms with E-state index in [-0.39, 0.29) is 0 Å². The van der Waals surface area contributed by atoms with Crippen LogP contribution in [0.25, 0.3) is 12.2 Å². The van der Waals surface area contributed by atoms with Gasteiger partial charge < -0.3 is 0 Å². The van der Waals surface area contributed by atoms with Crippen molar-refractivity contribution >= 4 is 50.0 Å². The fourth-order valence-corrected chi connectivity index (χ4v) is 14.1. The van der Waals surface area contributed by atoms with Crippen LogP contribution < -0.4 is 4.90 Å². The molecular weight excluding hydrogens is 593 g/mol. The number of hydrogen-bond acceptors (Lipinski definition) is 1. The third kappa shape index (κ3) is 8.24. The molecule has 0 amide bonds. The number of anilines is 3. The van der Waals surface area contributed by atoms with Gasteiger partial charge in [-0.05, 0) is 24.3 Å². The third-order valence-corrected chi connectivity index (χ3v) is 17.5. The zero-order valence-corrected chi connectivity index (χ0v) is 28.5. The van der Waals surface area contributed by atoms with E-state index in [1.807, 2.05) is 0 Å². The summed E-state index contributed by atoms with van der Waals surface area (Å²) in [5, 5.41) is -2.04. The Balaban J connectivity index is 1.53. The van der Waals surface area contributed by atoms with E-state index in [2.05, 4.69) is 169 Å². The zero-order chi connectivity index (χ0) is 29.9. The molecular formula is C39H49BrNP. The Morgan fingerprint density at radius 1 is 0.595 bits per heavy atom. The van der Waals surface area contributed by atoms with Crippen molar-refractivity contribution in [2.45, 2.75) is 65.0 Å². The van der Waals surface area contributed by atoms with Crippen molar-refractivity contribution in [1.29, 1.82) is 0 Å². The first kappa shape index (κ1) is 32.2. The molecule has 1 atom stereocenters. The molecule has 0 bridgehead atoms. The summed E-state index contributed by atoms with van der Waals surface area (Å²) >= 11 is 4.53. The number of benzene rings is 4. The van der Waals surface area contributed by atoms with E-state index in [9.17, 15) is 0 Å². The van der Waals surface area contributed by atoms with Crippen molar-refractivity contribution in [3.63, 3.8) is 0 Å². The summed E-state index contributed by atoms with van der Waals surface area (Å²) in [5.41, 5.74) is 8.06. The van der Waals surface area contributed by atoms with Crippen LogP contribution in [0.3, 0.4) is 0 Å². The number of para-hydroxylation sites is 2. The van der Waals surface area contributed by atoms with E-state index < -0.39 is 5.31 Å². The zero-order valence-electron chi connectivity index (χ0n) is 26.1. The van der Waals surface area contributed by atoms with Gasteiger partial charge in [-0.2, -0.15) is 0 Å². The average Bonchev–Trinajstić information content (AvgIpc) is 3.03. The van der Waals surface area contributed by atoms with Gasteiger partial charge in [-0.25, -0.2) is 0 Å². The molecule has 4 aromatic carbocycles. The maximum atomic E-state index is 4.53. The Morgan fingerprint density at radius 3 is 1.45 bits per heavy atom. The molecule has 4 aromatic rings. The predicted molar refractivity (Wildman–Crippen MR) is 195 cm³/mol. The van der Waals surface area contributed by atoms with E-state index in [0.717, 1.165) is 17.1 Å². The van der Waals surface area contributed by atoms with Gasteiger partial charge in [-0.3, -0.25) is 0 Å². The van der Waals surface area contributed by atoms with Crippen molar-refractivity contribution in [3.05, 3.63) is 126 Å². The minimum absolute atomic E-state index is 0.627. The molecule has 0 saturated heterocycles. The molecule has 4 rings (SSSR count). The Bertz CT molecular complexity index is 1330. The number of unbranched alkanes of at least 4 members (excludes halogenated alkanes) is 2. The van der Waals surface area contributed by atoms with Crippen LogP contribution in [0.4, 0.5) is 17.1 Å². The molecule has 0 aliphatic carbocycles. The maximum absolute atomic E-state index is 4.53. The van der Waals surface area contributed by atoms with Gasteiger partial charge in [-0.15, -0.1) is 0 Å². The van der Waals surface area contributed by atoms with Crippen molar-refractivity contribution in [1.82, 2.24) is 0 Å². The second kappa shape index (κ2) is 15.2. The van der Waals surface area contributed by atoms with Gasteiger partial charge >= 0.3 is 193 Å². The molecule has 0 heterocycles. The summed E-state index contributed by atoms with van der Waals surface area (Å²) in [4.78, 5) is 2.30. The first-order chi connectivity index (χ1) is 20.4. The fraction of sp³-hybridized carbons (Fsp3) is 0.333. The first-order valence-electron chi connectivity index (χ1n) is 15.9. The standard InChI is InChI=1S/C39H49BrNP/c1-5-8-31-42(4,40,32-9-6-2)39(16-7-3)35-27-23-33(24-28-35)21-22-34-25-29-38(30-26-34)41(36-17-12-10-13-18-36)37-19-14-11-15-20-37/h10-15,17-30,39H,5-9,16,31-32H2,1-4H3. The Hall–Kier alpha value is -2.67. The van der Waals surface area contributed by atoms with E-state index in [0.29, 0.717) is 5.66 Å². The second-order valence-corrected chi connectivity index (χ2v) is 23.9. The van der Waals surface area contributed by atoms with Crippen LogP contribution in [0.1, 0.15) is 81.6 Å². The van der Waals surface area contributed by atoms with Crippen molar-refractivity contribution in [2.24, 2.45) is 0 Å². The van der Waals surface area contributed by atoms with Gasteiger partial charge in [0.05, 0.1) is 0 Å². The Labute approximate surface area is 263 Å². The number of halogens is 1. The molecule has 1 unspecified atom stereocenters. The number of hydrogen-bond donors (Lipinski definition) is 0. The Morgan fingerprint density at radius 2 is 1.02 bits per heavy atom. The van der Waals surface area contributed by atoms with Crippen molar-refractivity contribution in [2.75, 3.05) is 23.9 Å². The van der Waals surface area contributed by atoms with E-state index in [1.165, 1.54) is 67.5 Å². The number of rotatable bonds is 15. The van der Waals surface area contributed by atoms with E-state index in [4.69, 9.17) is 0 Å². The normalized spacial score (nSPS) is 13.5. The van der Waals surface area contributed by atoms with Gasteiger partial charge in [0.1, 0.15) is 0 Å². The fourth-order valence-electron chi connectivity index (χ4n) is 6.16. The van der Waals surface area contributed by atoms with E-state index in [1.54, 1.807) is 0 Å². The molecule has 42 heavy (non-hydrogen) atoms. The van der Waals surface area contributed by atoms with Crippen LogP contribution in [0.5, 0.6) is 0 Å². The van der Waals surface area contributed by atoms with Crippen molar-refractivity contribution in [3.8, 4) is 0 Å². The molecule has 1 nitrogen and oxygen atoms in total. The van der Waals surface area contributed by atoms with Gasteiger partial charge in [-0.1, -0.05) is 36.4 Å². The SMILES string of the molecule is CCCCP(C)(Br)(CCCC)C(CCC)c1ccc(C=Cc2ccc(N(c3ccccc3)c3ccccc3)cc2)cc1. The Kier molecular flexibility index (Phi) is 11.7. The van der Waals surface area contributed by atoms with Crippen LogP contribution in [0.2, 0.25) is 0 Å².